The minimum absolute atomic E-state index is 0.339. The lowest BCUT2D eigenvalue weighted by Gasteiger charge is -2.31. The molecule has 0 aromatic heterocycles. The SMILES string of the molecule is C=C/C=C(\C=C)CC(O)CN1CCC(N)CC1. The fraction of sp³-hybridized carbons (Fsp3) is 0.571. The van der Waals surface area contributed by atoms with Gasteiger partial charge in [-0.2, -0.15) is 0 Å². The first-order valence-corrected chi connectivity index (χ1v) is 6.25. The van der Waals surface area contributed by atoms with E-state index in [4.69, 9.17) is 5.73 Å². The number of likely N-dealkylation sites (tertiary alicyclic amines) is 1. The van der Waals surface area contributed by atoms with Crippen LogP contribution >= 0.6 is 0 Å². The molecular formula is C14H24N2O. The second kappa shape index (κ2) is 7.43. The van der Waals surface area contributed by atoms with E-state index in [1.807, 2.05) is 6.08 Å². The van der Waals surface area contributed by atoms with Crippen LogP contribution in [-0.4, -0.2) is 41.8 Å². The molecule has 0 saturated carbocycles. The van der Waals surface area contributed by atoms with E-state index in [0.29, 0.717) is 12.5 Å². The maximum atomic E-state index is 10.00. The average molecular weight is 236 g/mol. The van der Waals surface area contributed by atoms with Crippen molar-refractivity contribution in [3.8, 4) is 0 Å². The Balaban J connectivity index is 2.33. The van der Waals surface area contributed by atoms with Gasteiger partial charge in [0.05, 0.1) is 6.10 Å². The number of nitrogens with zero attached hydrogens (tertiary/aromatic N) is 1. The Morgan fingerprint density at radius 3 is 2.59 bits per heavy atom. The van der Waals surface area contributed by atoms with Crippen LogP contribution in [-0.2, 0) is 0 Å². The van der Waals surface area contributed by atoms with Crippen molar-refractivity contribution in [2.75, 3.05) is 19.6 Å². The van der Waals surface area contributed by atoms with Crippen molar-refractivity contribution in [2.45, 2.75) is 31.4 Å². The monoisotopic (exact) mass is 236 g/mol. The molecule has 3 heteroatoms. The predicted molar refractivity (Wildman–Crippen MR) is 72.8 cm³/mol. The number of hydrogen-bond donors (Lipinski definition) is 2. The van der Waals surface area contributed by atoms with Crippen LogP contribution < -0.4 is 5.73 Å². The smallest absolute Gasteiger partial charge is 0.0707 e. The van der Waals surface area contributed by atoms with Crippen molar-refractivity contribution in [3.63, 3.8) is 0 Å². The quantitative estimate of drug-likeness (QED) is 0.686. The third-order valence-electron chi connectivity index (χ3n) is 3.17. The van der Waals surface area contributed by atoms with Crippen LogP contribution in [0.5, 0.6) is 0 Å². The molecule has 0 aromatic carbocycles. The molecule has 0 bridgehead atoms. The van der Waals surface area contributed by atoms with Gasteiger partial charge in [0.2, 0.25) is 0 Å². The molecule has 0 radical (unpaired) electrons. The van der Waals surface area contributed by atoms with Crippen LogP contribution in [0.1, 0.15) is 19.3 Å². The fourth-order valence-corrected chi connectivity index (χ4v) is 2.14. The van der Waals surface area contributed by atoms with E-state index < -0.39 is 0 Å². The first kappa shape index (κ1) is 14.2. The zero-order valence-corrected chi connectivity index (χ0v) is 10.5. The van der Waals surface area contributed by atoms with E-state index >= 15 is 0 Å². The largest absolute Gasteiger partial charge is 0.391 e. The second-order valence-electron chi connectivity index (χ2n) is 4.68. The lowest BCUT2D eigenvalue weighted by Crippen LogP contribution is -2.42. The minimum Gasteiger partial charge on any atom is -0.391 e. The van der Waals surface area contributed by atoms with Gasteiger partial charge in [0.1, 0.15) is 0 Å². The van der Waals surface area contributed by atoms with E-state index in [1.54, 1.807) is 12.2 Å². The Kier molecular flexibility index (Phi) is 6.19. The molecule has 0 aliphatic carbocycles. The Hall–Kier alpha value is -0.900. The van der Waals surface area contributed by atoms with Crippen LogP contribution in [0.3, 0.4) is 0 Å². The zero-order valence-electron chi connectivity index (χ0n) is 10.5. The van der Waals surface area contributed by atoms with Crippen LogP contribution in [0, 0.1) is 0 Å². The highest BCUT2D eigenvalue weighted by Crippen LogP contribution is 2.12. The molecule has 0 spiro atoms. The summed E-state index contributed by atoms with van der Waals surface area (Å²) in [6.45, 7) is 10.1. The number of aliphatic hydroxyl groups is 1. The molecule has 1 atom stereocenters. The standard InChI is InChI=1S/C14H24N2O/c1-3-5-12(4-2)10-14(17)11-16-8-6-13(15)7-9-16/h3-5,13-14,17H,1-2,6-11,15H2/b12-5+. The summed E-state index contributed by atoms with van der Waals surface area (Å²) in [4.78, 5) is 2.28. The molecule has 96 valence electrons. The fourth-order valence-electron chi connectivity index (χ4n) is 2.14. The topological polar surface area (TPSA) is 49.5 Å². The van der Waals surface area contributed by atoms with Crippen LogP contribution in [0.25, 0.3) is 0 Å². The summed E-state index contributed by atoms with van der Waals surface area (Å²) in [5, 5.41) is 10.00. The van der Waals surface area contributed by atoms with Crippen molar-refractivity contribution in [1.82, 2.24) is 4.90 Å². The first-order valence-electron chi connectivity index (χ1n) is 6.25. The molecule has 1 unspecified atom stereocenters. The van der Waals surface area contributed by atoms with Gasteiger partial charge < -0.3 is 15.7 Å². The third-order valence-corrected chi connectivity index (χ3v) is 3.17. The molecule has 1 heterocycles. The van der Waals surface area contributed by atoms with Crippen LogP contribution in [0.15, 0.2) is 37.0 Å². The van der Waals surface area contributed by atoms with Gasteiger partial charge in [-0.05, 0) is 37.9 Å². The van der Waals surface area contributed by atoms with E-state index in [-0.39, 0.29) is 6.10 Å². The third kappa shape index (κ3) is 5.31. The Morgan fingerprint density at radius 2 is 2.06 bits per heavy atom. The highest BCUT2D eigenvalue weighted by molar-refractivity contribution is 5.21. The molecular weight excluding hydrogens is 212 g/mol. The molecule has 1 fully saturated rings. The highest BCUT2D eigenvalue weighted by Gasteiger charge is 2.18. The van der Waals surface area contributed by atoms with Crippen LogP contribution in [0.2, 0.25) is 0 Å². The number of hydrogen-bond acceptors (Lipinski definition) is 3. The van der Waals surface area contributed by atoms with Gasteiger partial charge in [0, 0.05) is 12.6 Å². The van der Waals surface area contributed by atoms with E-state index in [9.17, 15) is 5.11 Å². The van der Waals surface area contributed by atoms with Crippen molar-refractivity contribution < 1.29 is 5.11 Å². The number of nitrogens with two attached hydrogens (primary N) is 1. The molecule has 1 aliphatic heterocycles. The van der Waals surface area contributed by atoms with Gasteiger partial charge in [0.15, 0.2) is 0 Å². The zero-order chi connectivity index (χ0) is 12.7. The van der Waals surface area contributed by atoms with Gasteiger partial charge >= 0.3 is 0 Å². The van der Waals surface area contributed by atoms with Gasteiger partial charge in [-0.1, -0.05) is 31.4 Å². The normalized spacial score (nSPS) is 21.2. The summed E-state index contributed by atoms with van der Waals surface area (Å²) in [6, 6.07) is 0.341. The van der Waals surface area contributed by atoms with Crippen molar-refractivity contribution in [1.29, 1.82) is 0 Å². The van der Waals surface area contributed by atoms with Crippen LogP contribution in [0.4, 0.5) is 0 Å². The Bertz CT molecular complexity index is 278. The first-order chi connectivity index (χ1) is 8.15. The maximum Gasteiger partial charge on any atom is 0.0707 e. The Morgan fingerprint density at radius 1 is 1.41 bits per heavy atom. The molecule has 1 saturated heterocycles. The van der Waals surface area contributed by atoms with Crippen molar-refractivity contribution in [3.05, 3.63) is 37.0 Å². The number of piperidine rings is 1. The number of allylic oxidation sites excluding steroid dienone is 3. The second-order valence-corrected chi connectivity index (χ2v) is 4.68. The molecule has 3 nitrogen and oxygen atoms in total. The summed E-state index contributed by atoms with van der Waals surface area (Å²) >= 11 is 0. The van der Waals surface area contributed by atoms with Gasteiger partial charge in [-0.25, -0.2) is 0 Å². The highest BCUT2D eigenvalue weighted by atomic mass is 16.3. The number of aliphatic hydroxyl groups excluding tert-OH is 1. The lowest BCUT2D eigenvalue weighted by molar-refractivity contribution is 0.0981. The van der Waals surface area contributed by atoms with E-state index in [0.717, 1.165) is 38.0 Å². The van der Waals surface area contributed by atoms with Gasteiger partial charge in [-0.15, -0.1) is 0 Å². The molecule has 1 rings (SSSR count). The van der Waals surface area contributed by atoms with E-state index in [2.05, 4.69) is 18.1 Å². The number of rotatable bonds is 6. The van der Waals surface area contributed by atoms with Gasteiger partial charge in [0.25, 0.3) is 0 Å². The van der Waals surface area contributed by atoms with Crippen molar-refractivity contribution in [2.24, 2.45) is 5.73 Å². The molecule has 0 aromatic rings. The maximum absolute atomic E-state index is 10.00. The summed E-state index contributed by atoms with van der Waals surface area (Å²) in [5.74, 6) is 0. The van der Waals surface area contributed by atoms with Crippen molar-refractivity contribution >= 4 is 0 Å². The predicted octanol–water partition coefficient (Wildman–Crippen LogP) is 1.46. The Labute approximate surface area is 104 Å². The summed E-state index contributed by atoms with van der Waals surface area (Å²) in [7, 11) is 0. The average Bonchev–Trinajstić information content (AvgIpc) is 2.31. The summed E-state index contributed by atoms with van der Waals surface area (Å²) < 4.78 is 0. The molecule has 3 N–H and O–H groups in total. The molecule has 17 heavy (non-hydrogen) atoms. The number of β-amino-alcohol motifs (C(OH)–C–C–N with tert-alkyl or cyclic N) is 1. The van der Waals surface area contributed by atoms with Gasteiger partial charge in [-0.3, -0.25) is 0 Å². The summed E-state index contributed by atoms with van der Waals surface area (Å²) in [6.07, 6.45) is 7.75. The lowest BCUT2D eigenvalue weighted by atomic mass is 10.0. The molecule has 0 amide bonds. The minimum atomic E-state index is -0.339. The van der Waals surface area contributed by atoms with E-state index in [1.165, 1.54) is 0 Å². The summed E-state index contributed by atoms with van der Waals surface area (Å²) in [5.41, 5.74) is 6.88. The molecule has 1 aliphatic rings.